The lowest BCUT2D eigenvalue weighted by Crippen LogP contribution is -2.07. The van der Waals surface area contributed by atoms with Crippen molar-refractivity contribution in [3.63, 3.8) is 0 Å². The van der Waals surface area contributed by atoms with E-state index in [2.05, 4.69) is 21.3 Å². The van der Waals surface area contributed by atoms with E-state index in [1.807, 2.05) is 146 Å². The first kappa shape index (κ1) is 38.0. The average Bonchev–Trinajstić information content (AvgIpc) is 3.13. The van der Waals surface area contributed by atoms with Crippen LogP contribution in [-0.4, -0.2) is 33.6 Å². The Morgan fingerprint density at radius 2 is 0.556 bits per heavy atom. The van der Waals surface area contributed by atoms with Crippen LogP contribution in [0.2, 0.25) is 0 Å². The van der Waals surface area contributed by atoms with Crippen molar-refractivity contribution < 1.29 is 19.2 Å². The molecule has 0 aliphatic rings. The summed E-state index contributed by atoms with van der Waals surface area (Å²) in [7, 11) is 0. The van der Waals surface area contributed by atoms with Crippen LogP contribution in [0, 0.1) is 0 Å². The summed E-state index contributed by atoms with van der Waals surface area (Å²) in [6.45, 7) is 5.82. The fraction of sp³-hybridized carbons (Fsp3) is 0.0909. The number of hydrogen-bond donors (Lipinski definition) is 4. The molecule has 10 heteroatoms. The first-order valence-electron chi connectivity index (χ1n) is 17.2. The van der Waals surface area contributed by atoms with E-state index in [4.69, 9.17) is 9.97 Å². The van der Waals surface area contributed by atoms with Crippen molar-refractivity contribution in [3.8, 4) is 0 Å². The second-order valence-electron chi connectivity index (χ2n) is 12.2. The summed E-state index contributed by atoms with van der Waals surface area (Å²) in [5, 5.41) is 11.5. The highest BCUT2D eigenvalue weighted by molar-refractivity contribution is 5.95. The lowest BCUT2D eigenvalue weighted by Gasteiger charge is -2.10. The number of nitrogens with one attached hydrogen (secondary N) is 4. The first-order valence-corrected chi connectivity index (χ1v) is 17.2. The van der Waals surface area contributed by atoms with Gasteiger partial charge in [0.05, 0.1) is 22.8 Å². The molecular weight excluding hydrogens is 677 g/mol. The van der Waals surface area contributed by atoms with Crippen LogP contribution < -0.4 is 21.3 Å². The van der Waals surface area contributed by atoms with E-state index in [1.165, 1.54) is 27.7 Å². The van der Waals surface area contributed by atoms with Gasteiger partial charge in [-0.1, -0.05) is 97.1 Å². The van der Waals surface area contributed by atoms with Gasteiger partial charge >= 0.3 is 0 Å². The van der Waals surface area contributed by atoms with Crippen LogP contribution in [0.1, 0.15) is 72.7 Å². The highest BCUT2D eigenvalue weighted by Gasteiger charge is 2.11. The van der Waals surface area contributed by atoms with Gasteiger partial charge in [0.25, 0.3) is 0 Å². The Morgan fingerprint density at radius 3 is 0.759 bits per heavy atom. The van der Waals surface area contributed by atoms with E-state index in [-0.39, 0.29) is 23.6 Å². The predicted octanol–water partition coefficient (Wildman–Crippen LogP) is 8.99. The molecule has 0 aliphatic heterocycles. The zero-order chi connectivity index (χ0) is 38.5. The number of rotatable bonds is 12. The monoisotopic (exact) mass is 716 g/mol. The van der Waals surface area contributed by atoms with E-state index in [0.29, 0.717) is 45.5 Å². The fourth-order valence-electron chi connectivity index (χ4n) is 5.44. The van der Waals surface area contributed by atoms with Gasteiger partial charge in [0.15, 0.2) is 0 Å². The molecule has 0 radical (unpaired) electrons. The first-order chi connectivity index (χ1) is 26.0. The van der Waals surface area contributed by atoms with Crippen molar-refractivity contribution in [2.75, 3.05) is 21.3 Å². The van der Waals surface area contributed by atoms with Gasteiger partial charge in [0, 0.05) is 50.4 Å². The fourth-order valence-corrected chi connectivity index (χ4v) is 5.44. The normalized spacial score (nSPS) is 11.3. The number of aromatic nitrogens is 2. The number of nitrogens with zero attached hydrogens (tertiary/aromatic N) is 2. The van der Waals surface area contributed by atoms with Crippen LogP contribution in [-0.2, 0) is 19.2 Å². The van der Waals surface area contributed by atoms with Crippen LogP contribution in [0.5, 0.6) is 0 Å². The van der Waals surface area contributed by atoms with Gasteiger partial charge in [-0.05, 0) is 70.8 Å². The van der Waals surface area contributed by atoms with Gasteiger partial charge in [-0.25, -0.2) is 9.97 Å². The molecule has 54 heavy (non-hydrogen) atoms. The molecular formula is C44H40N6O4. The minimum Gasteiger partial charge on any atom is -0.326 e. The van der Waals surface area contributed by atoms with Crippen molar-refractivity contribution in [3.05, 3.63) is 142 Å². The minimum absolute atomic E-state index is 0.194. The lowest BCUT2D eigenvalue weighted by atomic mass is 10.1. The van der Waals surface area contributed by atoms with Crippen LogP contribution in [0.25, 0.3) is 48.6 Å². The summed E-state index contributed by atoms with van der Waals surface area (Å²) in [6.07, 6.45) is 14.7. The van der Waals surface area contributed by atoms with Crippen LogP contribution >= 0.6 is 0 Å². The second kappa shape index (κ2) is 18.3. The standard InChI is InChI=1S/C44H40N6O4/c1-29(51)45-37-17-9-5-13-33(37)21-25-41-42(26-22-34-14-6-10-18-38(34)46-30(2)52)50-44(28-24-36-16-8-12-20-40(36)48-32(4)54)43(49-41)27-23-35-15-7-11-19-39(35)47-31(3)53/h5-28H,1-4H3,(H,45,51)(H,46,52)(H,47,53)(H,48,54). The second-order valence-corrected chi connectivity index (χ2v) is 12.2. The van der Waals surface area contributed by atoms with Crippen molar-refractivity contribution in [2.45, 2.75) is 27.7 Å². The molecule has 5 aromatic rings. The zero-order valence-electron chi connectivity index (χ0n) is 30.4. The highest BCUT2D eigenvalue weighted by Crippen LogP contribution is 2.26. The molecule has 4 aromatic carbocycles. The Kier molecular flexibility index (Phi) is 12.9. The maximum atomic E-state index is 11.9. The van der Waals surface area contributed by atoms with E-state index in [1.54, 1.807) is 0 Å². The Labute approximate surface area is 314 Å². The van der Waals surface area contributed by atoms with Crippen molar-refractivity contribution >= 4 is 95.0 Å². The zero-order valence-corrected chi connectivity index (χ0v) is 30.4. The van der Waals surface area contributed by atoms with Gasteiger partial charge in [0.2, 0.25) is 23.6 Å². The van der Waals surface area contributed by atoms with Crippen molar-refractivity contribution in [2.24, 2.45) is 0 Å². The number of carbonyl (C=O) groups excluding carboxylic acids is 4. The third-order valence-electron chi connectivity index (χ3n) is 7.78. The molecule has 4 N–H and O–H groups in total. The van der Waals surface area contributed by atoms with E-state index < -0.39 is 0 Å². The number of carbonyl (C=O) groups is 4. The minimum atomic E-state index is -0.194. The van der Waals surface area contributed by atoms with E-state index in [0.717, 1.165) is 22.3 Å². The highest BCUT2D eigenvalue weighted by atomic mass is 16.2. The maximum absolute atomic E-state index is 11.9. The maximum Gasteiger partial charge on any atom is 0.221 e. The largest absolute Gasteiger partial charge is 0.326 e. The van der Waals surface area contributed by atoms with E-state index >= 15 is 0 Å². The van der Waals surface area contributed by atoms with Crippen LogP contribution in [0.15, 0.2) is 97.1 Å². The van der Waals surface area contributed by atoms with Gasteiger partial charge in [-0.15, -0.1) is 0 Å². The number of amides is 4. The van der Waals surface area contributed by atoms with Gasteiger partial charge in [-0.2, -0.15) is 0 Å². The molecule has 270 valence electrons. The smallest absolute Gasteiger partial charge is 0.221 e. The molecule has 0 bridgehead atoms. The van der Waals surface area contributed by atoms with Crippen molar-refractivity contribution in [1.82, 2.24) is 9.97 Å². The molecule has 0 spiro atoms. The Balaban J connectivity index is 1.70. The summed E-state index contributed by atoms with van der Waals surface area (Å²) in [4.78, 5) is 58.0. The third kappa shape index (κ3) is 10.9. The Morgan fingerprint density at radius 1 is 0.352 bits per heavy atom. The molecule has 1 heterocycles. The molecule has 10 nitrogen and oxygen atoms in total. The lowest BCUT2D eigenvalue weighted by molar-refractivity contribution is -0.115. The molecule has 0 aliphatic carbocycles. The molecule has 4 amide bonds. The SMILES string of the molecule is CC(=O)Nc1ccccc1C=Cc1nc(C=Cc2ccccc2NC(C)=O)c(C=Cc2ccccc2NC(C)=O)nc1C=Cc1ccccc1NC(C)=O. The number of anilines is 4. The van der Waals surface area contributed by atoms with Crippen molar-refractivity contribution in [1.29, 1.82) is 0 Å². The quantitative estimate of drug-likeness (QED) is 0.102. The van der Waals surface area contributed by atoms with E-state index in [9.17, 15) is 19.2 Å². The number of hydrogen-bond acceptors (Lipinski definition) is 6. The van der Waals surface area contributed by atoms with Gasteiger partial charge in [-0.3, -0.25) is 19.2 Å². The molecule has 0 atom stereocenters. The molecule has 0 unspecified atom stereocenters. The average molecular weight is 717 g/mol. The topological polar surface area (TPSA) is 142 Å². The third-order valence-corrected chi connectivity index (χ3v) is 7.78. The molecule has 0 fully saturated rings. The predicted molar refractivity (Wildman–Crippen MR) is 221 cm³/mol. The summed E-state index contributed by atoms with van der Waals surface area (Å²) >= 11 is 0. The summed E-state index contributed by atoms with van der Waals surface area (Å²) in [5.74, 6) is -0.777. The Hall–Kier alpha value is -7.20. The number of benzene rings is 4. The van der Waals surface area contributed by atoms with Gasteiger partial charge < -0.3 is 21.3 Å². The molecule has 0 saturated carbocycles. The van der Waals surface area contributed by atoms with Crippen LogP contribution in [0.3, 0.4) is 0 Å². The summed E-state index contributed by atoms with van der Waals surface area (Å²) < 4.78 is 0. The van der Waals surface area contributed by atoms with Gasteiger partial charge in [0.1, 0.15) is 0 Å². The molecule has 0 saturated heterocycles. The number of para-hydroxylation sites is 4. The summed E-state index contributed by atoms with van der Waals surface area (Å²) in [6, 6.07) is 29.7. The van der Waals surface area contributed by atoms with Crippen LogP contribution in [0.4, 0.5) is 22.7 Å². The summed E-state index contributed by atoms with van der Waals surface area (Å²) in [5.41, 5.74) is 7.70. The molecule has 5 rings (SSSR count). The molecule has 1 aromatic heterocycles. The Bertz CT molecular complexity index is 2000.